The molecule has 3 heterocycles. The van der Waals surface area contributed by atoms with Gasteiger partial charge in [-0.15, -0.1) is 0 Å². The minimum Gasteiger partial charge on any atom is -0.443 e. The van der Waals surface area contributed by atoms with Gasteiger partial charge in [0.05, 0.1) is 22.4 Å². The third kappa shape index (κ3) is 3.68. The number of ether oxygens (including phenoxy) is 1. The highest BCUT2D eigenvalue weighted by atomic mass is 16.7. The zero-order valence-corrected chi connectivity index (χ0v) is 17.4. The molecule has 7 nitrogen and oxygen atoms in total. The minimum atomic E-state index is -0.556. The van der Waals surface area contributed by atoms with Crippen LogP contribution in [0.25, 0.3) is 5.52 Å². The molecule has 0 radical (unpaired) electrons. The molecule has 0 unspecified atom stereocenters. The Balaban J connectivity index is 1.92. The van der Waals surface area contributed by atoms with Gasteiger partial charge in [0.2, 0.25) is 0 Å². The zero-order chi connectivity index (χ0) is 20.2. The number of fused-ring (bicyclic) bond motifs is 1. The molecule has 0 bridgehead atoms. The Kier molecular flexibility index (Phi) is 4.55. The Labute approximate surface area is 160 Å². The first kappa shape index (κ1) is 19.7. The van der Waals surface area contributed by atoms with Gasteiger partial charge < -0.3 is 14.0 Å². The number of carbonyl (C=O) groups excluding carboxylic acids is 1. The van der Waals surface area contributed by atoms with Crippen LogP contribution in [-0.2, 0) is 14.0 Å². The smallest absolute Gasteiger partial charge is 0.443 e. The van der Waals surface area contributed by atoms with Crippen LogP contribution in [0.15, 0.2) is 24.5 Å². The van der Waals surface area contributed by atoms with Crippen LogP contribution >= 0.6 is 0 Å². The summed E-state index contributed by atoms with van der Waals surface area (Å²) in [4.78, 5) is 13.9. The van der Waals surface area contributed by atoms with Crippen molar-refractivity contribution in [2.75, 3.05) is 11.9 Å². The van der Waals surface area contributed by atoms with E-state index in [4.69, 9.17) is 14.0 Å². The zero-order valence-electron chi connectivity index (χ0n) is 17.4. The Morgan fingerprint density at radius 1 is 1.22 bits per heavy atom. The molecule has 0 spiro atoms. The predicted molar refractivity (Wildman–Crippen MR) is 106 cm³/mol. The topological polar surface area (TPSA) is 65.3 Å². The van der Waals surface area contributed by atoms with E-state index in [2.05, 4.69) is 5.10 Å². The van der Waals surface area contributed by atoms with Crippen LogP contribution in [0.1, 0.15) is 48.5 Å². The second-order valence-corrected chi connectivity index (χ2v) is 8.94. The molecule has 8 heteroatoms. The van der Waals surface area contributed by atoms with Gasteiger partial charge in [-0.2, -0.15) is 5.10 Å². The average molecular weight is 373 g/mol. The molecule has 3 rings (SSSR count). The fourth-order valence-corrected chi connectivity index (χ4v) is 2.78. The quantitative estimate of drug-likeness (QED) is 0.758. The molecule has 146 valence electrons. The van der Waals surface area contributed by atoms with E-state index in [0.717, 1.165) is 11.0 Å². The van der Waals surface area contributed by atoms with E-state index in [9.17, 15) is 4.79 Å². The molecule has 1 aliphatic rings. The van der Waals surface area contributed by atoms with E-state index in [1.165, 1.54) is 4.90 Å². The maximum Gasteiger partial charge on any atom is 0.498 e. The van der Waals surface area contributed by atoms with Crippen molar-refractivity contribution in [3.05, 3.63) is 24.5 Å². The van der Waals surface area contributed by atoms with Crippen LogP contribution in [0.4, 0.5) is 10.5 Å². The molecule has 0 aromatic carbocycles. The van der Waals surface area contributed by atoms with Crippen molar-refractivity contribution >= 4 is 29.9 Å². The summed E-state index contributed by atoms with van der Waals surface area (Å²) in [5, 5.41) is 4.39. The van der Waals surface area contributed by atoms with Crippen LogP contribution in [0, 0.1) is 0 Å². The summed E-state index contributed by atoms with van der Waals surface area (Å²) >= 11 is 0. The summed E-state index contributed by atoms with van der Waals surface area (Å²) in [6.07, 6.45) is 3.14. The molecule has 1 saturated heterocycles. The van der Waals surface area contributed by atoms with Crippen molar-refractivity contribution in [2.24, 2.45) is 0 Å². The highest BCUT2D eigenvalue weighted by Gasteiger charge is 2.52. The van der Waals surface area contributed by atoms with Gasteiger partial charge in [0.25, 0.3) is 0 Å². The van der Waals surface area contributed by atoms with E-state index >= 15 is 0 Å². The summed E-state index contributed by atoms with van der Waals surface area (Å²) in [5.41, 5.74) is 0.928. The monoisotopic (exact) mass is 373 g/mol. The molecule has 1 amide bonds. The second kappa shape index (κ2) is 6.24. The third-order valence-corrected chi connectivity index (χ3v) is 5.10. The molecule has 1 fully saturated rings. The standard InChI is InChI=1S/C19H28BN3O4/c1-17(2,3)25-16(24)22(8)13-9-10-23-15(11-13)14(12-21-23)20-26-18(4,5)19(6,7)27-20/h9-12H,1-8H3. The lowest BCUT2D eigenvalue weighted by atomic mass is 9.80. The first-order valence-corrected chi connectivity index (χ1v) is 9.10. The predicted octanol–water partition coefficient (Wildman–Crippen LogP) is 3.00. The summed E-state index contributed by atoms with van der Waals surface area (Å²) in [5.74, 6) is 0. The highest BCUT2D eigenvalue weighted by molar-refractivity contribution is 6.64. The van der Waals surface area contributed by atoms with Gasteiger partial charge in [0.1, 0.15) is 5.60 Å². The molecule has 0 aliphatic carbocycles. The number of aromatic nitrogens is 2. The van der Waals surface area contributed by atoms with Crippen LogP contribution in [-0.4, -0.2) is 46.7 Å². The van der Waals surface area contributed by atoms with Gasteiger partial charge in [-0.3, -0.25) is 4.90 Å². The molecule has 1 aliphatic heterocycles. The van der Waals surface area contributed by atoms with Gasteiger partial charge in [-0.25, -0.2) is 9.31 Å². The summed E-state index contributed by atoms with van der Waals surface area (Å²) in [7, 11) is 1.17. The fraction of sp³-hybridized carbons (Fsp3) is 0.579. The van der Waals surface area contributed by atoms with E-state index in [0.29, 0.717) is 5.69 Å². The number of hydrogen-bond donors (Lipinski definition) is 0. The number of hydrogen-bond acceptors (Lipinski definition) is 5. The molecule has 2 aromatic rings. The van der Waals surface area contributed by atoms with Crippen LogP contribution in [0.3, 0.4) is 0 Å². The van der Waals surface area contributed by atoms with Crippen LogP contribution < -0.4 is 10.4 Å². The van der Waals surface area contributed by atoms with Crippen molar-refractivity contribution in [3.8, 4) is 0 Å². The Bertz CT molecular complexity index is 853. The van der Waals surface area contributed by atoms with Crippen molar-refractivity contribution in [1.82, 2.24) is 9.61 Å². The average Bonchev–Trinajstić information content (AvgIpc) is 3.02. The summed E-state index contributed by atoms with van der Waals surface area (Å²) in [6.45, 7) is 13.6. The highest BCUT2D eigenvalue weighted by Crippen LogP contribution is 2.36. The van der Waals surface area contributed by atoms with Gasteiger partial charge in [-0.1, -0.05) is 0 Å². The SMILES string of the molecule is CN(C(=O)OC(C)(C)C)c1ccn2ncc(B3OC(C)(C)C(C)(C)O3)c2c1. The van der Waals surface area contributed by atoms with Crippen molar-refractivity contribution < 1.29 is 18.8 Å². The molecule has 0 atom stereocenters. The normalized spacial score (nSPS) is 18.7. The molecule has 27 heavy (non-hydrogen) atoms. The Morgan fingerprint density at radius 2 is 1.81 bits per heavy atom. The lowest BCUT2D eigenvalue weighted by Gasteiger charge is -2.32. The molecule has 0 N–H and O–H groups in total. The Hall–Kier alpha value is -2.06. The molecular formula is C19H28BN3O4. The van der Waals surface area contributed by atoms with E-state index in [1.807, 2.05) is 60.6 Å². The summed E-state index contributed by atoms with van der Waals surface area (Å²) < 4.78 is 19.5. The minimum absolute atomic E-state index is 0.413. The van der Waals surface area contributed by atoms with E-state index in [-0.39, 0.29) is 0 Å². The lowest BCUT2D eigenvalue weighted by molar-refractivity contribution is 0.00578. The number of carbonyl (C=O) groups is 1. The second-order valence-electron chi connectivity index (χ2n) is 8.94. The number of rotatable bonds is 2. The first-order chi connectivity index (χ1) is 12.3. The van der Waals surface area contributed by atoms with Crippen molar-refractivity contribution in [2.45, 2.75) is 65.3 Å². The maximum atomic E-state index is 12.4. The largest absolute Gasteiger partial charge is 0.498 e. The van der Waals surface area contributed by atoms with Crippen molar-refractivity contribution in [3.63, 3.8) is 0 Å². The van der Waals surface area contributed by atoms with E-state index in [1.54, 1.807) is 24.0 Å². The van der Waals surface area contributed by atoms with Crippen molar-refractivity contribution in [1.29, 1.82) is 0 Å². The molecule has 2 aromatic heterocycles. The first-order valence-electron chi connectivity index (χ1n) is 9.10. The van der Waals surface area contributed by atoms with Gasteiger partial charge >= 0.3 is 13.2 Å². The van der Waals surface area contributed by atoms with Crippen LogP contribution in [0.2, 0.25) is 0 Å². The number of nitrogens with zero attached hydrogens (tertiary/aromatic N) is 3. The molecule has 0 saturated carbocycles. The molecular weight excluding hydrogens is 345 g/mol. The fourth-order valence-electron chi connectivity index (χ4n) is 2.78. The number of pyridine rings is 1. The maximum absolute atomic E-state index is 12.4. The number of amides is 1. The van der Waals surface area contributed by atoms with Gasteiger partial charge in [0.15, 0.2) is 0 Å². The lowest BCUT2D eigenvalue weighted by Crippen LogP contribution is -2.41. The summed E-state index contributed by atoms with van der Waals surface area (Å²) in [6, 6.07) is 3.70. The van der Waals surface area contributed by atoms with E-state index < -0.39 is 30.0 Å². The van der Waals surface area contributed by atoms with Gasteiger partial charge in [0, 0.05) is 24.9 Å². The Morgan fingerprint density at radius 3 is 2.37 bits per heavy atom. The third-order valence-electron chi connectivity index (χ3n) is 5.10. The number of anilines is 1. The van der Waals surface area contributed by atoms with Crippen LogP contribution in [0.5, 0.6) is 0 Å². The van der Waals surface area contributed by atoms with Gasteiger partial charge in [-0.05, 0) is 60.6 Å².